The zero-order chi connectivity index (χ0) is 30.0. The summed E-state index contributed by atoms with van der Waals surface area (Å²) in [6.45, 7) is 6.37. The number of methoxy groups -OCH3 is 1. The number of fused-ring (bicyclic) bond motifs is 2. The molecular weight excluding hydrogens is 554 g/mol. The smallest absolute Gasteiger partial charge is 0.268 e. The molecule has 4 N–H and O–H groups in total. The summed E-state index contributed by atoms with van der Waals surface area (Å²) < 4.78 is 6.28. The van der Waals surface area contributed by atoms with E-state index in [9.17, 15) is 19.2 Å². The molecule has 3 atom stereocenters. The van der Waals surface area contributed by atoms with Crippen LogP contribution in [0, 0.1) is 18.8 Å². The summed E-state index contributed by atoms with van der Waals surface area (Å²) in [5.41, 5.74) is 2.72. The number of thiazole rings is 1. The van der Waals surface area contributed by atoms with Gasteiger partial charge in [-0.1, -0.05) is 32.0 Å². The maximum Gasteiger partial charge on any atom is 0.268 e. The Balaban J connectivity index is 1.39. The average molecular weight is 590 g/mol. The molecule has 0 saturated carbocycles. The third-order valence-electron chi connectivity index (χ3n) is 7.57. The number of amides is 3. The standard InChI is InChI=1S/C31H35N5O5S/c1-16(2)13-22(35-30(40)23-15-19-20(33-23)8-6-9-24(19)41-4)29(39)34-21(14-18-11-12-32-28(18)38)27(37)31-36-26-17(3)7-5-10-25(26)42-31/h5-10,15-16,18,21-22,33H,11-14H2,1-4H3,(H,32,38)(H,34,39)(H,35,40)/t18-,21-,22-/m0/s1. The largest absolute Gasteiger partial charge is 0.496 e. The number of H-pyrrole nitrogens is 1. The first-order valence-corrected chi connectivity index (χ1v) is 14.9. The number of Topliss-reactive ketones (excluding diaryl/α,β-unsaturated/α-hetero) is 1. The van der Waals surface area contributed by atoms with Gasteiger partial charge in [0.25, 0.3) is 5.91 Å². The minimum absolute atomic E-state index is 0.0749. The highest BCUT2D eigenvalue weighted by Crippen LogP contribution is 2.28. The topological polar surface area (TPSA) is 142 Å². The molecule has 42 heavy (non-hydrogen) atoms. The minimum Gasteiger partial charge on any atom is -0.496 e. The molecule has 1 fully saturated rings. The summed E-state index contributed by atoms with van der Waals surface area (Å²) >= 11 is 1.27. The highest BCUT2D eigenvalue weighted by molar-refractivity contribution is 7.20. The van der Waals surface area contributed by atoms with E-state index in [1.807, 2.05) is 51.1 Å². The number of carbonyl (C=O) groups is 4. The lowest BCUT2D eigenvalue weighted by atomic mass is 9.95. The lowest BCUT2D eigenvalue weighted by Crippen LogP contribution is -2.52. The van der Waals surface area contributed by atoms with E-state index in [0.717, 1.165) is 26.7 Å². The predicted molar refractivity (Wildman–Crippen MR) is 162 cm³/mol. The van der Waals surface area contributed by atoms with Crippen molar-refractivity contribution in [1.82, 2.24) is 25.9 Å². The van der Waals surface area contributed by atoms with Gasteiger partial charge in [-0.05, 0) is 61.9 Å². The van der Waals surface area contributed by atoms with Crippen molar-refractivity contribution in [2.45, 2.75) is 52.1 Å². The average Bonchev–Trinajstić information content (AvgIpc) is 3.70. The van der Waals surface area contributed by atoms with Crippen LogP contribution in [-0.4, -0.2) is 59.2 Å². The number of benzene rings is 2. The van der Waals surface area contributed by atoms with Crippen molar-refractivity contribution in [2.75, 3.05) is 13.7 Å². The first kappa shape index (κ1) is 29.2. The van der Waals surface area contributed by atoms with E-state index in [2.05, 4.69) is 25.9 Å². The van der Waals surface area contributed by atoms with Gasteiger partial charge in [-0.15, -0.1) is 11.3 Å². The molecule has 1 aliphatic rings. The number of aryl methyl sites for hydroxylation is 1. The number of carbonyl (C=O) groups excluding carboxylic acids is 4. The van der Waals surface area contributed by atoms with Crippen molar-refractivity contribution in [2.24, 2.45) is 11.8 Å². The number of nitrogens with zero attached hydrogens (tertiary/aromatic N) is 1. The minimum atomic E-state index is -0.976. The molecule has 10 nitrogen and oxygen atoms in total. The van der Waals surface area contributed by atoms with Crippen LogP contribution in [0.3, 0.4) is 0 Å². The number of aromatic nitrogens is 2. The zero-order valence-corrected chi connectivity index (χ0v) is 24.9. The highest BCUT2D eigenvalue weighted by Gasteiger charge is 2.35. The lowest BCUT2D eigenvalue weighted by Gasteiger charge is -2.24. The van der Waals surface area contributed by atoms with Crippen LogP contribution in [0.5, 0.6) is 5.75 Å². The van der Waals surface area contributed by atoms with Gasteiger partial charge in [-0.2, -0.15) is 0 Å². The Morgan fingerprint density at radius 1 is 1.12 bits per heavy atom. The Kier molecular flexibility index (Phi) is 8.58. The molecule has 5 rings (SSSR count). The van der Waals surface area contributed by atoms with Gasteiger partial charge in [0.2, 0.25) is 17.6 Å². The van der Waals surface area contributed by atoms with E-state index in [0.29, 0.717) is 25.1 Å². The molecular formula is C31H35N5O5S. The molecule has 0 aliphatic carbocycles. The van der Waals surface area contributed by atoms with Gasteiger partial charge in [0.1, 0.15) is 17.5 Å². The zero-order valence-electron chi connectivity index (χ0n) is 24.1. The second-order valence-corrected chi connectivity index (χ2v) is 12.2. The molecule has 3 heterocycles. The number of aromatic amines is 1. The van der Waals surface area contributed by atoms with E-state index >= 15 is 0 Å². The molecule has 4 aromatic rings. The van der Waals surface area contributed by atoms with Gasteiger partial charge in [-0.25, -0.2) is 4.98 Å². The monoisotopic (exact) mass is 589 g/mol. The molecule has 2 aromatic heterocycles. The third-order valence-corrected chi connectivity index (χ3v) is 8.60. The molecule has 0 bridgehead atoms. The molecule has 0 unspecified atom stereocenters. The molecule has 0 spiro atoms. The fourth-order valence-electron chi connectivity index (χ4n) is 5.37. The number of hydrogen-bond acceptors (Lipinski definition) is 7. The van der Waals surface area contributed by atoms with Gasteiger partial charge >= 0.3 is 0 Å². The summed E-state index contributed by atoms with van der Waals surface area (Å²) in [5.74, 6) is -1.12. The number of ether oxygens (including phenoxy) is 1. The Morgan fingerprint density at radius 2 is 1.90 bits per heavy atom. The van der Waals surface area contributed by atoms with E-state index in [-0.39, 0.29) is 34.7 Å². The van der Waals surface area contributed by atoms with Crippen molar-refractivity contribution in [3.63, 3.8) is 0 Å². The van der Waals surface area contributed by atoms with E-state index in [1.54, 1.807) is 19.2 Å². The molecule has 0 radical (unpaired) electrons. The number of hydrogen-bond donors (Lipinski definition) is 4. The summed E-state index contributed by atoms with van der Waals surface area (Å²) in [7, 11) is 1.56. The Morgan fingerprint density at radius 3 is 2.60 bits per heavy atom. The fourth-order valence-corrected chi connectivity index (χ4v) is 6.40. The molecule has 3 amide bonds. The quantitative estimate of drug-likeness (QED) is 0.194. The maximum absolute atomic E-state index is 13.8. The number of ketones is 1. The van der Waals surface area contributed by atoms with Crippen LogP contribution in [0.2, 0.25) is 0 Å². The van der Waals surface area contributed by atoms with Crippen LogP contribution in [0.15, 0.2) is 42.5 Å². The number of rotatable bonds is 11. The normalized spacial score (nSPS) is 16.4. The molecule has 220 valence electrons. The van der Waals surface area contributed by atoms with Crippen molar-refractivity contribution in [3.8, 4) is 5.75 Å². The number of para-hydroxylation sites is 1. The van der Waals surface area contributed by atoms with Crippen molar-refractivity contribution >= 4 is 56.0 Å². The molecule has 1 aliphatic heterocycles. The fraction of sp³-hybridized carbons (Fsp3) is 0.387. The van der Waals surface area contributed by atoms with Crippen LogP contribution in [-0.2, 0) is 9.59 Å². The summed E-state index contributed by atoms with van der Waals surface area (Å²) in [4.78, 5) is 60.9. The molecule has 2 aromatic carbocycles. The number of nitrogens with one attached hydrogen (secondary N) is 4. The summed E-state index contributed by atoms with van der Waals surface area (Å²) in [6.07, 6.45) is 1.08. The summed E-state index contributed by atoms with van der Waals surface area (Å²) in [6, 6.07) is 11.0. The van der Waals surface area contributed by atoms with E-state index in [4.69, 9.17) is 4.74 Å². The highest BCUT2D eigenvalue weighted by atomic mass is 32.1. The van der Waals surface area contributed by atoms with Crippen LogP contribution >= 0.6 is 11.3 Å². The lowest BCUT2D eigenvalue weighted by molar-refractivity contribution is -0.125. The van der Waals surface area contributed by atoms with Gasteiger partial charge in [0.15, 0.2) is 5.01 Å². The Bertz CT molecular complexity index is 1660. The SMILES string of the molecule is COc1cccc2[nH]c(C(=O)N[C@@H](CC(C)C)C(=O)N[C@@H](C[C@@H]3CCNC3=O)C(=O)c3nc4c(C)cccc4s3)cc12. The van der Waals surface area contributed by atoms with Crippen LogP contribution in [0.1, 0.15) is 59.0 Å². The predicted octanol–water partition coefficient (Wildman–Crippen LogP) is 4.13. The second-order valence-electron chi connectivity index (χ2n) is 11.1. The van der Waals surface area contributed by atoms with Gasteiger partial charge < -0.3 is 25.7 Å². The van der Waals surface area contributed by atoms with Crippen molar-refractivity contribution in [1.29, 1.82) is 0 Å². The van der Waals surface area contributed by atoms with Gasteiger partial charge in [0, 0.05) is 23.4 Å². The molecule has 11 heteroatoms. The van der Waals surface area contributed by atoms with Crippen LogP contribution in [0.4, 0.5) is 0 Å². The van der Waals surface area contributed by atoms with E-state index in [1.165, 1.54) is 11.3 Å². The van der Waals surface area contributed by atoms with Crippen LogP contribution in [0.25, 0.3) is 21.1 Å². The first-order chi connectivity index (χ1) is 20.1. The first-order valence-electron chi connectivity index (χ1n) is 14.1. The van der Waals surface area contributed by atoms with E-state index < -0.39 is 29.8 Å². The van der Waals surface area contributed by atoms with Crippen molar-refractivity contribution in [3.05, 3.63) is 58.7 Å². The van der Waals surface area contributed by atoms with Gasteiger partial charge in [0.05, 0.1) is 23.4 Å². The maximum atomic E-state index is 13.8. The molecule has 1 saturated heterocycles. The Labute approximate surface area is 247 Å². The summed E-state index contributed by atoms with van der Waals surface area (Å²) in [5, 5.41) is 9.57. The Hall–Kier alpha value is -4.25. The van der Waals surface area contributed by atoms with Gasteiger partial charge in [-0.3, -0.25) is 19.2 Å². The third kappa shape index (κ3) is 6.15. The van der Waals surface area contributed by atoms with Crippen LogP contribution < -0.4 is 20.7 Å². The van der Waals surface area contributed by atoms with Crippen molar-refractivity contribution < 1.29 is 23.9 Å². The second kappa shape index (κ2) is 12.3.